The van der Waals surface area contributed by atoms with Gasteiger partial charge in [-0.25, -0.2) is 4.79 Å². The van der Waals surface area contributed by atoms with Crippen molar-refractivity contribution in [1.82, 2.24) is 15.5 Å². The second-order valence-electron chi connectivity index (χ2n) is 3.69. The van der Waals surface area contributed by atoms with Crippen molar-refractivity contribution in [3.8, 4) is 0 Å². The third-order valence-electron chi connectivity index (χ3n) is 2.29. The number of hydrogen-bond acceptors (Lipinski definition) is 2. The highest BCUT2D eigenvalue weighted by Gasteiger charge is 2.25. The van der Waals surface area contributed by atoms with Crippen LogP contribution >= 0.6 is 0 Å². The van der Waals surface area contributed by atoms with Crippen LogP contribution in [0.2, 0.25) is 0 Å². The molecule has 13 heavy (non-hydrogen) atoms. The Morgan fingerprint density at radius 2 is 2.38 bits per heavy atom. The maximum absolute atomic E-state index is 11.4. The lowest BCUT2D eigenvalue weighted by molar-refractivity contribution is 0.157. The van der Waals surface area contributed by atoms with E-state index < -0.39 is 0 Å². The van der Waals surface area contributed by atoms with Gasteiger partial charge < -0.3 is 15.5 Å². The molecule has 1 rings (SSSR count). The lowest BCUT2D eigenvalue weighted by Crippen LogP contribution is -2.59. The average Bonchev–Trinajstić information content (AvgIpc) is 2.08. The third kappa shape index (κ3) is 2.59. The number of carbonyl (C=O) groups excluding carboxylic acids is 1. The molecule has 0 aromatic heterocycles. The van der Waals surface area contributed by atoms with Gasteiger partial charge in [0.05, 0.1) is 0 Å². The molecule has 1 fully saturated rings. The summed E-state index contributed by atoms with van der Waals surface area (Å²) < 4.78 is 0. The van der Waals surface area contributed by atoms with Gasteiger partial charge in [-0.15, -0.1) is 0 Å². The summed E-state index contributed by atoms with van der Waals surface area (Å²) in [6.45, 7) is 8.66. The fourth-order valence-electron chi connectivity index (χ4n) is 1.57. The first-order valence-corrected chi connectivity index (χ1v) is 4.93. The molecule has 1 atom stereocenters. The van der Waals surface area contributed by atoms with E-state index in [0.717, 1.165) is 19.6 Å². The second-order valence-corrected chi connectivity index (χ2v) is 3.69. The number of nitrogens with zero attached hydrogens (tertiary/aromatic N) is 1. The van der Waals surface area contributed by atoms with Crippen LogP contribution in [0.4, 0.5) is 4.79 Å². The summed E-state index contributed by atoms with van der Waals surface area (Å²) in [7, 11) is 0. The fraction of sp³-hybridized carbons (Fsp3) is 0.889. The van der Waals surface area contributed by atoms with Gasteiger partial charge in [0.15, 0.2) is 0 Å². The first kappa shape index (κ1) is 10.3. The average molecular weight is 185 g/mol. The van der Waals surface area contributed by atoms with E-state index in [1.807, 2.05) is 18.7 Å². The molecular weight excluding hydrogens is 166 g/mol. The maximum atomic E-state index is 11.4. The second kappa shape index (κ2) is 4.46. The van der Waals surface area contributed by atoms with Gasteiger partial charge in [0.2, 0.25) is 0 Å². The predicted molar refractivity (Wildman–Crippen MR) is 52.7 cm³/mol. The van der Waals surface area contributed by atoms with Crippen LogP contribution in [0.25, 0.3) is 0 Å². The summed E-state index contributed by atoms with van der Waals surface area (Å²) in [5, 5.41) is 6.21. The molecule has 0 radical (unpaired) electrons. The van der Waals surface area contributed by atoms with Crippen LogP contribution in [0.5, 0.6) is 0 Å². The van der Waals surface area contributed by atoms with Crippen LogP contribution in [0.3, 0.4) is 0 Å². The molecule has 1 unspecified atom stereocenters. The van der Waals surface area contributed by atoms with Crippen molar-refractivity contribution in [3.05, 3.63) is 0 Å². The Labute approximate surface area is 79.7 Å². The number of hydrogen-bond donors (Lipinski definition) is 2. The normalized spacial score (nSPS) is 23.5. The van der Waals surface area contributed by atoms with Crippen molar-refractivity contribution in [3.63, 3.8) is 0 Å². The molecule has 4 heteroatoms. The highest BCUT2D eigenvalue weighted by molar-refractivity contribution is 5.75. The van der Waals surface area contributed by atoms with Crippen molar-refractivity contribution in [2.45, 2.75) is 32.9 Å². The lowest BCUT2D eigenvalue weighted by atomic mass is 10.2. The summed E-state index contributed by atoms with van der Waals surface area (Å²) in [6, 6.07) is 0.732. The van der Waals surface area contributed by atoms with Crippen LogP contribution < -0.4 is 10.6 Å². The van der Waals surface area contributed by atoms with Gasteiger partial charge in [-0.2, -0.15) is 0 Å². The Balaban J connectivity index is 2.48. The SMILES string of the molecule is CCNC1CNC(=O)N(C(C)C)C1. The van der Waals surface area contributed by atoms with E-state index in [-0.39, 0.29) is 12.1 Å². The van der Waals surface area contributed by atoms with E-state index in [2.05, 4.69) is 17.6 Å². The molecule has 0 aliphatic carbocycles. The lowest BCUT2D eigenvalue weighted by Gasteiger charge is -2.36. The van der Waals surface area contributed by atoms with E-state index in [1.165, 1.54) is 0 Å². The number of urea groups is 1. The molecule has 1 saturated heterocycles. The van der Waals surface area contributed by atoms with E-state index in [9.17, 15) is 4.79 Å². The number of likely N-dealkylation sites (N-methyl/N-ethyl adjacent to an activating group) is 1. The smallest absolute Gasteiger partial charge is 0.317 e. The van der Waals surface area contributed by atoms with Crippen molar-refractivity contribution in [2.24, 2.45) is 0 Å². The zero-order chi connectivity index (χ0) is 9.84. The van der Waals surface area contributed by atoms with Gasteiger partial charge in [-0.05, 0) is 20.4 Å². The number of carbonyl (C=O) groups is 1. The van der Waals surface area contributed by atoms with Gasteiger partial charge in [0.25, 0.3) is 0 Å². The molecule has 1 aliphatic rings. The largest absolute Gasteiger partial charge is 0.336 e. The van der Waals surface area contributed by atoms with Gasteiger partial charge >= 0.3 is 6.03 Å². The van der Waals surface area contributed by atoms with Crippen LogP contribution in [0.15, 0.2) is 0 Å². The van der Waals surface area contributed by atoms with Gasteiger partial charge in [-0.3, -0.25) is 0 Å². The van der Waals surface area contributed by atoms with E-state index in [0.29, 0.717) is 6.04 Å². The van der Waals surface area contributed by atoms with Gasteiger partial charge in [0.1, 0.15) is 0 Å². The van der Waals surface area contributed by atoms with Gasteiger partial charge in [-0.1, -0.05) is 6.92 Å². The minimum Gasteiger partial charge on any atom is -0.336 e. The molecule has 0 bridgehead atoms. The highest BCUT2D eigenvalue weighted by Crippen LogP contribution is 2.04. The first-order valence-electron chi connectivity index (χ1n) is 4.93. The zero-order valence-electron chi connectivity index (χ0n) is 8.63. The van der Waals surface area contributed by atoms with Crippen molar-refractivity contribution < 1.29 is 4.79 Å². The molecule has 0 saturated carbocycles. The minimum atomic E-state index is 0.0594. The number of nitrogens with one attached hydrogen (secondary N) is 2. The summed E-state index contributed by atoms with van der Waals surface area (Å²) in [5.41, 5.74) is 0. The van der Waals surface area contributed by atoms with Gasteiger partial charge in [0, 0.05) is 25.2 Å². The van der Waals surface area contributed by atoms with E-state index in [4.69, 9.17) is 0 Å². The number of amides is 2. The highest BCUT2D eigenvalue weighted by atomic mass is 16.2. The fourth-order valence-corrected chi connectivity index (χ4v) is 1.57. The Hall–Kier alpha value is -0.770. The quantitative estimate of drug-likeness (QED) is 0.668. The van der Waals surface area contributed by atoms with Crippen molar-refractivity contribution in [1.29, 1.82) is 0 Å². The molecule has 0 spiro atoms. The van der Waals surface area contributed by atoms with Crippen LogP contribution in [-0.4, -0.2) is 42.6 Å². The molecule has 2 N–H and O–H groups in total. The minimum absolute atomic E-state index is 0.0594. The summed E-state index contributed by atoms with van der Waals surface area (Å²) >= 11 is 0. The van der Waals surface area contributed by atoms with Crippen LogP contribution in [-0.2, 0) is 0 Å². The Bertz CT molecular complexity index is 182. The van der Waals surface area contributed by atoms with E-state index in [1.54, 1.807) is 0 Å². The maximum Gasteiger partial charge on any atom is 0.317 e. The Morgan fingerprint density at radius 3 is 2.92 bits per heavy atom. The molecular formula is C9H19N3O. The molecule has 1 aliphatic heterocycles. The molecule has 2 amide bonds. The third-order valence-corrected chi connectivity index (χ3v) is 2.29. The molecule has 76 valence electrons. The number of rotatable bonds is 3. The topological polar surface area (TPSA) is 44.4 Å². The van der Waals surface area contributed by atoms with Crippen LogP contribution in [0.1, 0.15) is 20.8 Å². The Kier molecular flexibility index (Phi) is 3.54. The molecule has 0 aromatic rings. The van der Waals surface area contributed by atoms with Crippen molar-refractivity contribution >= 4 is 6.03 Å². The summed E-state index contributed by atoms with van der Waals surface area (Å²) in [6.07, 6.45) is 0. The monoisotopic (exact) mass is 185 g/mol. The molecule has 0 aromatic carbocycles. The Morgan fingerprint density at radius 1 is 1.69 bits per heavy atom. The van der Waals surface area contributed by atoms with E-state index >= 15 is 0 Å². The summed E-state index contributed by atoms with van der Waals surface area (Å²) in [5.74, 6) is 0. The zero-order valence-corrected chi connectivity index (χ0v) is 8.63. The first-order chi connectivity index (χ1) is 6.15. The van der Waals surface area contributed by atoms with Crippen LogP contribution in [0, 0.1) is 0 Å². The molecule has 1 heterocycles. The predicted octanol–water partition coefficient (Wildman–Crippen LogP) is 0.398. The summed E-state index contributed by atoms with van der Waals surface area (Å²) in [4.78, 5) is 13.2. The molecule has 4 nitrogen and oxygen atoms in total. The van der Waals surface area contributed by atoms with Crippen molar-refractivity contribution in [2.75, 3.05) is 19.6 Å². The standard InChI is InChI=1S/C9H19N3O/c1-4-10-8-5-11-9(13)12(6-8)7(2)3/h7-8,10H,4-6H2,1-3H3,(H,11,13).